The summed E-state index contributed by atoms with van der Waals surface area (Å²) in [6.45, 7) is 7.12. The van der Waals surface area contributed by atoms with Crippen LogP contribution in [0.25, 0.3) is 0 Å². The number of amides is 2. The number of ether oxygens (including phenoxy) is 1. The van der Waals surface area contributed by atoms with Crippen LogP contribution in [0.3, 0.4) is 0 Å². The Morgan fingerprint density at radius 1 is 1.35 bits per heavy atom. The summed E-state index contributed by atoms with van der Waals surface area (Å²) in [6, 6.07) is 0.158. The topological polar surface area (TPSA) is 70.7 Å². The largest absolute Gasteiger partial charge is 0.375 e. The van der Waals surface area contributed by atoms with Crippen molar-refractivity contribution in [3.8, 4) is 0 Å². The normalized spacial score (nSPS) is 17.9. The number of rotatable bonds is 7. The molecular weight excluding hydrogens is 258 g/mol. The van der Waals surface area contributed by atoms with E-state index in [9.17, 15) is 9.59 Å². The molecule has 0 aromatic rings. The molecule has 0 saturated carbocycles. The number of hydrogen-bond donors (Lipinski definition) is 2. The summed E-state index contributed by atoms with van der Waals surface area (Å²) < 4.78 is 4.79. The van der Waals surface area contributed by atoms with E-state index in [4.69, 9.17) is 4.74 Å². The SMILES string of the molecule is CCNCC(C)C(=O)N1CCC(NC(=O)COC)CC1. The van der Waals surface area contributed by atoms with Crippen LogP contribution in [0.5, 0.6) is 0 Å². The fraction of sp³-hybridized carbons (Fsp3) is 0.857. The van der Waals surface area contributed by atoms with E-state index >= 15 is 0 Å². The lowest BCUT2D eigenvalue weighted by Gasteiger charge is -2.34. The molecule has 6 nitrogen and oxygen atoms in total. The fourth-order valence-electron chi connectivity index (χ4n) is 2.40. The van der Waals surface area contributed by atoms with Gasteiger partial charge < -0.3 is 20.3 Å². The van der Waals surface area contributed by atoms with Gasteiger partial charge in [-0.3, -0.25) is 9.59 Å². The highest BCUT2D eigenvalue weighted by Crippen LogP contribution is 2.13. The summed E-state index contributed by atoms with van der Waals surface area (Å²) in [5.74, 6) is 0.125. The van der Waals surface area contributed by atoms with Crippen molar-refractivity contribution in [2.24, 2.45) is 5.92 Å². The molecule has 2 N–H and O–H groups in total. The second-order valence-electron chi connectivity index (χ2n) is 5.31. The van der Waals surface area contributed by atoms with Crippen LogP contribution >= 0.6 is 0 Å². The van der Waals surface area contributed by atoms with Crippen LogP contribution in [0.2, 0.25) is 0 Å². The Morgan fingerprint density at radius 2 is 2.00 bits per heavy atom. The number of likely N-dealkylation sites (tertiary alicyclic amines) is 1. The van der Waals surface area contributed by atoms with E-state index in [0.717, 1.165) is 25.9 Å². The van der Waals surface area contributed by atoms with Crippen LogP contribution in [0, 0.1) is 5.92 Å². The van der Waals surface area contributed by atoms with E-state index in [1.807, 2.05) is 18.7 Å². The first kappa shape index (κ1) is 16.9. The number of nitrogens with zero attached hydrogens (tertiary/aromatic N) is 1. The molecule has 1 atom stereocenters. The molecule has 1 rings (SSSR count). The van der Waals surface area contributed by atoms with Crippen molar-refractivity contribution in [2.75, 3.05) is 39.9 Å². The maximum atomic E-state index is 12.2. The van der Waals surface area contributed by atoms with Gasteiger partial charge in [-0.05, 0) is 19.4 Å². The molecule has 1 aliphatic rings. The lowest BCUT2D eigenvalue weighted by atomic mass is 10.0. The third-order valence-corrected chi connectivity index (χ3v) is 3.57. The lowest BCUT2D eigenvalue weighted by Crippen LogP contribution is -2.49. The predicted octanol–water partition coefficient (Wildman–Crippen LogP) is -0.0144. The summed E-state index contributed by atoms with van der Waals surface area (Å²) in [7, 11) is 1.51. The van der Waals surface area contributed by atoms with Gasteiger partial charge in [0.25, 0.3) is 0 Å². The third-order valence-electron chi connectivity index (χ3n) is 3.57. The molecule has 116 valence electrons. The van der Waals surface area contributed by atoms with E-state index < -0.39 is 0 Å². The van der Waals surface area contributed by atoms with Gasteiger partial charge in [0.05, 0.1) is 0 Å². The van der Waals surface area contributed by atoms with Gasteiger partial charge in [-0.1, -0.05) is 13.8 Å². The summed E-state index contributed by atoms with van der Waals surface area (Å²) >= 11 is 0. The first-order valence-corrected chi connectivity index (χ1v) is 7.36. The molecule has 1 unspecified atom stereocenters. The Balaban J connectivity index is 2.30. The zero-order chi connectivity index (χ0) is 15.0. The molecule has 6 heteroatoms. The molecule has 1 fully saturated rings. The molecule has 0 aromatic heterocycles. The number of methoxy groups -OCH3 is 1. The van der Waals surface area contributed by atoms with Crippen molar-refractivity contribution in [2.45, 2.75) is 32.7 Å². The van der Waals surface area contributed by atoms with Gasteiger partial charge in [-0.15, -0.1) is 0 Å². The minimum atomic E-state index is -0.0854. The van der Waals surface area contributed by atoms with Crippen molar-refractivity contribution in [1.82, 2.24) is 15.5 Å². The highest BCUT2D eigenvalue weighted by Gasteiger charge is 2.26. The number of carbonyl (C=O) groups is 2. The van der Waals surface area contributed by atoms with Crippen molar-refractivity contribution < 1.29 is 14.3 Å². The van der Waals surface area contributed by atoms with Crippen LogP contribution in [-0.4, -0.2) is 62.7 Å². The summed E-state index contributed by atoms with van der Waals surface area (Å²) in [5.41, 5.74) is 0. The number of piperidine rings is 1. The van der Waals surface area contributed by atoms with Gasteiger partial charge in [0.2, 0.25) is 11.8 Å². The van der Waals surface area contributed by atoms with Gasteiger partial charge in [0.1, 0.15) is 6.61 Å². The van der Waals surface area contributed by atoms with Crippen molar-refractivity contribution >= 4 is 11.8 Å². The van der Waals surface area contributed by atoms with Crippen LogP contribution in [-0.2, 0) is 14.3 Å². The zero-order valence-electron chi connectivity index (χ0n) is 12.8. The molecule has 1 heterocycles. The van der Waals surface area contributed by atoms with E-state index in [2.05, 4.69) is 10.6 Å². The lowest BCUT2D eigenvalue weighted by molar-refractivity contribution is -0.136. The van der Waals surface area contributed by atoms with E-state index in [1.165, 1.54) is 7.11 Å². The van der Waals surface area contributed by atoms with Gasteiger partial charge in [-0.25, -0.2) is 0 Å². The molecule has 2 amide bonds. The van der Waals surface area contributed by atoms with Crippen LogP contribution < -0.4 is 10.6 Å². The molecule has 0 aliphatic carbocycles. The first-order valence-electron chi connectivity index (χ1n) is 7.36. The molecular formula is C14H27N3O3. The highest BCUT2D eigenvalue weighted by atomic mass is 16.5. The third kappa shape index (κ3) is 5.46. The molecule has 0 radical (unpaired) electrons. The van der Waals surface area contributed by atoms with Gasteiger partial charge in [0, 0.05) is 38.7 Å². The summed E-state index contributed by atoms with van der Waals surface area (Å²) in [4.78, 5) is 25.5. The Morgan fingerprint density at radius 3 is 2.55 bits per heavy atom. The van der Waals surface area contributed by atoms with E-state index in [1.54, 1.807) is 0 Å². The smallest absolute Gasteiger partial charge is 0.246 e. The maximum Gasteiger partial charge on any atom is 0.246 e. The Hall–Kier alpha value is -1.14. The fourth-order valence-corrected chi connectivity index (χ4v) is 2.40. The molecule has 20 heavy (non-hydrogen) atoms. The first-order chi connectivity index (χ1) is 9.58. The maximum absolute atomic E-state index is 12.2. The Bertz CT molecular complexity index is 315. The molecule has 0 spiro atoms. The van der Waals surface area contributed by atoms with Crippen molar-refractivity contribution in [1.29, 1.82) is 0 Å². The monoisotopic (exact) mass is 285 g/mol. The summed E-state index contributed by atoms with van der Waals surface area (Å²) in [6.07, 6.45) is 1.63. The standard InChI is InChI=1S/C14H27N3O3/c1-4-15-9-11(2)14(19)17-7-5-12(6-8-17)16-13(18)10-20-3/h11-12,15H,4-10H2,1-3H3,(H,16,18). The van der Waals surface area contributed by atoms with E-state index in [-0.39, 0.29) is 30.4 Å². The van der Waals surface area contributed by atoms with E-state index in [0.29, 0.717) is 13.1 Å². The van der Waals surface area contributed by atoms with Crippen molar-refractivity contribution in [3.05, 3.63) is 0 Å². The Kier molecular flexibility index (Phi) is 7.54. The number of nitrogens with one attached hydrogen (secondary N) is 2. The van der Waals surface area contributed by atoms with Crippen LogP contribution in [0.4, 0.5) is 0 Å². The highest BCUT2D eigenvalue weighted by molar-refractivity contribution is 5.79. The predicted molar refractivity (Wildman–Crippen MR) is 77.3 cm³/mol. The molecule has 0 bridgehead atoms. The second-order valence-corrected chi connectivity index (χ2v) is 5.31. The minimum absolute atomic E-state index is 0.00887. The minimum Gasteiger partial charge on any atom is -0.375 e. The average Bonchev–Trinajstić information content (AvgIpc) is 2.45. The Labute approximate surface area is 121 Å². The van der Waals surface area contributed by atoms with Crippen LogP contribution in [0.15, 0.2) is 0 Å². The number of carbonyl (C=O) groups excluding carboxylic acids is 2. The van der Waals surface area contributed by atoms with Crippen LogP contribution in [0.1, 0.15) is 26.7 Å². The van der Waals surface area contributed by atoms with Gasteiger partial charge >= 0.3 is 0 Å². The molecule has 0 aromatic carbocycles. The van der Waals surface area contributed by atoms with Crippen molar-refractivity contribution in [3.63, 3.8) is 0 Å². The average molecular weight is 285 g/mol. The quantitative estimate of drug-likeness (QED) is 0.690. The van der Waals surface area contributed by atoms with Gasteiger partial charge in [-0.2, -0.15) is 0 Å². The number of hydrogen-bond acceptors (Lipinski definition) is 4. The zero-order valence-corrected chi connectivity index (χ0v) is 12.8. The second kappa shape index (κ2) is 8.92. The molecule has 1 aliphatic heterocycles. The molecule has 1 saturated heterocycles. The summed E-state index contributed by atoms with van der Waals surface area (Å²) in [5, 5.41) is 6.13. The van der Waals surface area contributed by atoms with Gasteiger partial charge in [0.15, 0.2) is 0 Å².